The first-order chi connectivity index (χ1) is 20.1. The van der Waals surface area contributed by atoms with Crippen LogP contribution in [-0.4, -0.2) is 53.1 Å². The summed E-state index contributed by atoms with van der Waals surface area (Å²) in [6, 6.07) is 28.7. The predicted molar refractivity (Wildman–Crippen MR) is 167 cm³/mol. The van der Waals surface area contributed by atoms with Gasteiger partial charge in [0.2, 0.25) is 0 Å². The molecule has 7 heteroatoms. The van der Waals surface area contributed by atoms with Crippen LogP contribution in [0.15, 0.2) is 97.5 Å². The number of hydrogen-bond acceptors (Lipinski definition) is 7. The third kappa shape index (κ3) is 7.24. The minimum Gasteiger partial charge on any atom is -0.388 e. The van der Waals surface area contributed by atoms with Gasteiger partial charge in [0, 0.05) is 57.9 Å². The molecule has 0 bridgehead atoms. The Morgan fingerprint density at radius 2 is 1.61 bits per heavy atom. The number of pyridine rings is 1. The van der Waals surface area contributed by atoms with E-state index in [1.807, 2.05) is 56.0 Å². The molecule has 0 spiro atoms. The number of rotatable bonds is 6. The molecule has 0 aliphatic carbocycles. The number of benzene rings is 3. The third-order valence-corrected chi connectivity index (χ3v) is 7.33. The molecule has 1 aliphatic heterocycles. The van der Waals surface area contributed by atoms with E-state index in [1.165, 1.54) is 16.7 Å². The van der Waals surface area contributed by atoms with Gasteiger partial charge in [-0.25, -0.2) is 4.98 Å². The molecule has 3 aromatic carbocycles. The maximum absolute atomic E-state index is 8.51. The molecule has 206 valence electrons. The Morgan fingerprint density at radius 1 is 0.829 bits per heavy atom. The second kappa shape index (κ2) is 13.5. The van der Waals surface area contributed by atoms with Crippen molar-refractivity contribution in [3.8, 4) is 17.2 Å². The highest BCUT2D eigenvalue weighted by molar-refractivity contribution is 5.82. The van der Waals surface area contributed by atoms with E-state index < -0.39 is 0 Å². The minimum atomic E-state index is 0.749. The Bertz CT molecular complexity index is 1600. The average Bonchev–Trinajstić information content (AvgIpc) is 3.05. The summed E-state index contributed by atoms with van der Waals surface area (Å²) in [5.41, 5.74) is 8.53. The Balaban J connectivity index is 0.000000287. The maximum atomic E-state index is 8.51. The summed E-state index contributed by atoms with van der Waals surface area (Å²) in [6.45, 7) is 6.94. The van der Waals surface area contributed by atoms with Crippen molar-refractivity contribution in [1.29, 1.82) is 5.26 Å². The van der Waals surface area contributed by atoms with Crippen molar-refractivity contribution in [2.45, 2.75) is 19.9 Å². The van der Waals surface area contributed by atoms with E-state index in [-0.39, 0.29) is 0 Å². The van der Waals surface area contributed by atoms with E-state index in [0.717, 1.165) is 72.8 Å². The third-order valence-electron chi connectivity index (χ3n) is 7.33. The number of hydrogen-bond donors (Lipinski definition) is 1. The van der Waals surface area contributed by atoms with Crippen LogP contribution >= 0.6 is 0 Å². The van der Waals surface area contributed by atoms with Gasteiger partial charge >= 0.3 is 0 Å². The number of nitriles is 1. The van der Waals surface area contributed by atoms with Crippen molar-refractivity contribution < 1.29 is 0 Å². The highest BCUT2D eigenvalue weighted by atomic mass is 15.3. The summed E-state index contributed by atoms with van der Waals surface area (Å²) in [7, 11) is 1.93. The molecule has 2 aromatic heterocycles. The number of piperazine rings is 1. The van der Waals surface area contributed by atoms with Crippen LogP contribution in [0.1, 0.15) is 23.6 Å². The zero-order chi connectivity index (χ0) is 28.4. The number of nitrogens with one attached hydrogen (secondary N) is 1. The van der Waals surface area contributed by atoms with Gasteiger partial charge in [-0.2, -0.15) is 5.26 Å². The van der Waals surface area contributed by atoms with Crippen molar-refractivity contribution in [3.63, 3.8) is 0 Å². The Hall–Kier alpha value is -4.80. The number of nitrogens with zero attached hydrogens (tertiary/aromatic N) is 6. The van der Waals surface area contributed by atoms with Gasteiger partial charge in [-0.15, -0.1) is 0 Å². The average molecular weight is 542 g/mol. The summed E-state index contributed by atoms with van der Waals surface area (Å²) in [6.07, 6.45) is 6.67. The molecule has 7 nitrogen and oxygen atoms in total. The van der Waals surface area contributed by atoms with Gasteiger partial charge in [0.15, 0.2) is 0 Å². The molecule has 1 saturated heterocycles. The molecule has 0 radical (unpaired) electrons. The topological polar surface area (TPSA) is 81.0 Å². The highest BCUT2D eigenvalue weighted by Gasteiger charge is 2.19. The summed E-state index contributed by atoms with van der Waals surface area (Å²) in [5, 5.41) is 11.7. The summed E-state index contributed by atoms with van der Waals surface area (Å²) >= 11 is 0. The molecule has 0 atom stereocenters. The fraction of sp³-hybridized carbons (Fsp3) is 0.235. The second-order valence-electron chi connectivity index (χ2n) is 10.0. The lowest BCUT2D eigenvalue weighted by Crippen LogP contribution is -2.46. The summed E-state index contributed by atoms with van der Waals surface area (Å²) in [5.74, 6) is 0.955. The molecule has 0 unspecified atom stereocenters. The lowest BCUT2D eigenvalue weighted by Gasteiger charge is -2.35. The second-order valence-corrected chi connectivity index (χ2v) is 10.0. The fourth-order valence-corrected chi connectivity index (χ4v) is 4.91. The van der Waals surface area contributed by atoms with Crippen LogP contribution in [0.4, 0.5) is 11.5 Å². The van der Waals surface area contributed by atoms with Crippen molar-refractivity contribution in [3.05, 3.63) is 114 Å². The Labute approximate surface area is 242 Å². The van der Waals surface area contributed by atoms with Gasteiger partial charge < -0.3 is 10.2 Å². The molecule has 1 aliphatic rings. The Morgan fingerprint density at radius 3 is 2.32 bits per heavy atom. The SMILES string of the molecule is CCc1cccc(C#N)c1.CNc1ccc(-c2ccc3ncc(N4CCN(Cc5cccnc5)CC4)nc3c2)cc1. The van der Waals surface area contributed by atoms with Gasteiger partial charge in [0.05, 0.1) is 28.9 Å². The normalized spacial score (nSPS) is 13.2. The first-order valence-corrected chi connectivity index (χ1v) is 14.1. The molecule has 1 fully saturated rings. The fourth-order valence-electron chi connectivity index (χ4n) is 4.91. The van der Waals surface area contributed by atoms with Gasteiger partial charge in [-0.1, -0.05) is 43.3 Å². The first kappa shape index (κ1) is 27.8. The van der Waals surface area contributed by atoms with Crippen LogP contribution in [0.5, 0.6) is 0 Å². The van der Waals surface area contributed by atoms with E-state index >= 15 is 0 Å². The van der Waals surface area contributed by atoms with Gasteiger partial charge in [-0.05, 0) is 71.1 Å². The van der Waals surface area contributed by atoms with Crippen LogP contribution in [0.2, 0.25) is 0 Å². The van der Waals surface area contributed by atoms with Gasteiger partial charge in [0.1, 0.15) is 5.82 Å². The largest absolute Gasteiger partial charge is 0.388 e. The lowest BCUT2D eigenvalue weighted by atomic mass is 10.0. The maximum Gasteiger partial charge on any atom is 0.147 e. The molecular formula is C34H35N7. The molecule has 1 N–H and O–H groups in total. The van der Waals surface area contributed by atoms with E-state index in [2.05, 4.69) is 86.6 Å². The van der Waals surface area contributed by atoms with Crippen LogP contribution < -0.4 is 10.2 Å². The molecule has 41 heavy (non-hydrogen) atoms. The van der Waals surface area contributed by atoms with Crippen LogP contribution in [0, 0.1) is 11.3 Å². The number of fused-ring (bicyclic) bond motifs is 1. The smallest absolute Gasteiger partial charge is 0.147 e. The quantitative estimate of drug-likeness (QED) is 0.275. The van der Waals surface area contributed by atoms with Gasteiger partial charge in [-0.3, -0.25) is 14.9 Å². The number of aryl methyl sites for hydroxylation is 1. The molecule has 0 amide bonds. The monoisotopic (exact) mass is 541 g/mol. The predicted octanol–water partition coefficient (Wildman–Crippen LogP) is 6.18. The summed E-state index contributed by atoms with van der Waals surface area (Å²) in [4.78, 5) is 18.6. The Kier molecular flexibility index (Phi) is 9.15. The van der Waals surface area contributed by atoms with Gasteiger partial charge in [0.25, 0.3) is 0 Å². The van der Waals surface area contributed by atoms with Crippen molar-refractivity contribution in [2.24, 2.45) is 0 Å². The molecule has 6 rings (SSSR count). The van der Waals surface area contributed by atoms with Crippen molar-refractivity contribution >= 4 is 22.5 Å². The van der Waals surface area contributed by atoms with E-state index in [4.69, 9.17) is 10.2 Å². The van der Waals surface area contributed by atoms with E-state index in [0.29, 0.717) is 0 Å². The lowest BCUT2D eigenvalue weighted by molar-refractivity contribution is 0.249. The molecule has 3 heterocycles. The summed E-state index contributed by atoms with van der Waals surface area (Å²) < 4.78 is 0. The van der Waals surface area contributed by atoms with Crippen LogP contribution in [0.25, 0.3) is 22.2 Å². The first-order valence-electron chi connectivity index (χ1n) is 14.1. The molecular weight excluding hydrogens is 506 g/mol. The zero-order valence-electron chi connectivity index (χ0n) is 23.7. The van der Waals surface area contributed by atoms with Crippen LogP contribution in [0.3, 0.4) is 0 Å². The highest BCUT2D eigenvalue weighted by Crippen LogP contribution is 2.26. The number of anilines is 2. The van der Waals surface area contributed by atoms with Crippen LogP contribution in [-0.2, 0) is 13.0 Å². The molecule has 5 aromatic rings. The van der Waals surface area contributed by atoms with Crippen molar-refractivity contribution in [2.75, 3.05) is 43.4 Å². The van der Waals surface area contributed by atoms with E-state index in [9.17, 15) is 0 Å². The number of aromatic nitrogens is 3. The standard InChI is InChI=1S/C25H26N6.C9H9N/c1-26-22-7-4-20(5-8-22)21-6-9-23-24(15-21)29-25(17-28-23)31-13-11-30(12-14-31)18-19-3-2-10-27-16-19;1-2-8-4-3-5-9(6-8)7-10/h2-10,15-17,26H,11-14,18H2,1H3;3-6H,2H2,1H3. The minimum absolute atomic E-state index is 0.749. The van der Waals surface area contributed by atoms with E-state index in [1.54, 1.807) is 0 Å². The van der Waals surface area contributed by atoms with Crippen molar-refractivity contribution in [1.82, 2.24) is 19.9 Å². The zero-order valence-corrected chi connectivity index (χ0v) is 23.7. The molecule has 0 saturated carbocycles.